The van der Waals surface area contributed by atoms with E-state index in [4.69, 9.17) is 14.2 Å². The highest BCUT2D eigenvalue weighted by atomic mass is 16.5. The average Bonchev–Trinajstić information content (AvgIpc) is 3.26. The Kier molecular flexibility index (Phi) is 5.12. The van der Waals surface area contributed by atoms with Crippen molar-refractivity contribution in [2.24, 2.45) is 0 Å². The zero-order valence-corrected chi connectivity index (χ0v) is 17.9. The average molecular weight is 426 g/mol. The van der Waals surface area contributed by atoms with Gasteiger partial charge in [-0.3, -0.25) is 0 Å². The summed E-state index contributed by atoms with van der Waals surface area (Å²) in [5.74, 6) is 1.67. The number of methoxy groups -OCH3 is 2. The Labute approximate surface area is 185 Å². The van der Waals surface area contributed by atoms with Crippen molar-refractivity contribution in [1.82, 2.24) is 14.8 Å². The number of fused-ring (bicyclic) bond motifs is 2. The number of rotatable bonds is 5. The number of aryl methyl sites for hydroxylation is 1. The molecule has 0 bridgehead atoms. The molecule has 0 saturated carbocycles. The monoisotopic (exact) mass is 426 g/mol. The Balaban J connectivity index is 1.50. The number of nitriles is 1. The van der Waals surface area contributed by atoms with Gasteiger partial charge in [-0.1, -0.05) is 6.07 Å². The Morgan fingerprint density at radius 1 is 1.03 bits per heavy atom. The van der Waals surface area contributed by atoms with Crippen molar-refractivity contribution in [3.05, 3.63) is 71.4 Å². The topological polar surface area (TPSA) is 82.2 Å². The maximum atomic E-state index is 9.20. The molecule has 2 heterocycles. The molecular formula is C25H22N4O3. The van der Waals surface area contributed by atoms with E-state index in [-0.39, 0.29) is 6.10 Å². The minimum absolute atomic E-state index is 0.0403. The summed E-state index contributed by atoms with van der Waals surface area (Å²) in [6.45, 7) is 0. The third kappa shape index (κ3) is 3.60. The zero-order chi connectivity index (χ0) is 22.1. The van der Waals surface area contributed by atoms with Crippen LogP contribution in [0, 0.1) is 11.3 Å². The van der Waals surface area contributed by atoms with Gasteiger partial charge >= 0.3 is 0 Å². The molecule has 0 aliphatic heterocycles. The molecule has 4 aromatic rings. The first-order chi connectivity index (χ1) is 15.7. The second-order valence-corrected chi connectivity index (χ2v) is 7.71. The van der Waals surface area contributed by atoms with Gasteiger partial charge in [0.15, 0.2) is 0 Å². The van der Waals surface area contributed by atoms with E-state index in [1.54, 1.807) is 14.2 Å². The molecule has 0 unspecified atom stereocenters. The number of ether oxygens (including phenoxy) is 3. The van der Waals surface area contributed by atoms with E-state index in [1.807, 2.05) is 59.4 Å². The first-order valence-electron chi connectivity index (χ1n) is 10.5. The van der Waals surface area contributed by atoms with Gasteiger partial charge in [0, 0.05) is 23.6 Å². The van der Waals surface area contributed by atoms with Crippen LogP contribution >= 0.6 is 0 Å². The van der Waals surface area contributed by atoms with Crippen LogP contribution in [0.4, 0.5) is 0 Å². The quantitative estimate of drug-likeness (QED) is 0.457. The van der Waals surface area contributed by atoms with E-state index in [2.05, 4.69) is 16.2 Å². The molecule has 7 heteroatoms. The molecule has 1 aliphatic carbocycles. The zero-order valence-electron chi connectivity index (χ0n) is 17.9. The maximum Gasteiger partial charge on any atom is 0.218 e. The van der Waals surface area contributed by atoms with Gasteiger partial charge in [-0.15, -0.1) is 0 Å². The standard InChI is InChI=1S/C25H22N4O3/c1-30-24-11-19(12-25(28-24)31-2)29-22-13-20(8-7-18(22)15-27-29)32-23-5-3-4-17-10-16(14-26)6-9-21(17)23/h6-13,15,23H,3-5H2,1-2H3/t23-/m0/s1. The fraction of sp³-hybridized carbons (Fsp3) is 0.240. The molecule has 2 aromatic carbocycles. The summed E-state index contributed by atoms with van der Waals surface area (Å²) in [4.78, 5) is 4.26. The Morgan fingerprint density at radius 2 is 1.84 bits per heavy atom. The Hall–Kier alpha value is -4.05. The number of hydrogen-bond acceptors (Lipinski definition) is 6. The van der Waals surface area contributed by atoms with Gasteiger partial charge < -0.3 is 14.2 Å². The van der Waals surface area contributed by atoms with E-state index >= 15 is 0 Å². The third-order valence-corrected chi connectivity index (χ3v) is 5.78. The number of aromatic nitrogens is 3. The van der Waals surface area contributed by atoms with Crippen molar-refractivity contribution in [1.29, 1.82) is 5.26 Å². The highest BCUT2D eigenvalue weighted by Gasteiger charge is 2.22. The predicted molar refractivity (Wildman–Crippen MR) is 119 cm³/mol. The molecule has 0 saturated heterocycles. The summed E-state index contributed by atoms with van der Waals surface area (Å²) < 4.78 is 18.9. The fourth-order valence-corrected chi connectivity index (χ4v) is 4.20. The van der Waals surface area contributed by atoms with Crippen LogP contribution in [0.25, 0.3) is 16.6 Å². The molecule has 0 amide bonds. The predicted octanol–water partition coefficient (Wildman–Crippen LogP) is 4.77. The van der Waals surface area contributed by atoms with Gasteiger partial charge in [-0.2, -0.15) is 15.3 Å². The number of hydrogen-bond donors (Lipinski definition) is 0. The molecule has 1 aliphatic rings. The van der Waals surface area contributed by atoms with E-state index < -0.39 is 0 Å². The number of benzene rings is 2. The van der Waals surface area contributed by atoms with Crippen molar-refractivity contribution >= 4 is 10.9 Å². The van der Waals surface area contributed by atoms with E-state index in [0.29, 0.717) is 17.3 Å². The van der Waals surface area contributed by atoms with Crippen LogP contribution in [0.1, 0.15) is 35.6 Å². The van der Waals surface area contributed by atoms with Crippen LogP contribution in [0.15, 0.2) is 54.7 Å². The van der Waals surface area contributed by atoms with Crippen molar-refractivity contribution in [2.45, 2.75) is 25.4 Å². The molecule has 0 radical (unpaired) electrons. The van der Waals surface area contributed by atoms with E-state index in [0.717, 1.165) is 47.2 Å². The largest absolute Gasteiger partial charge is 0.486 e. The van der Waals surface area contributed by atoms with Gasteiger partial charge in [-0.05, 0) is 54.7 Å². The van der Waals surface area contributed by atoms with Gasteiger partial charge in [0.2, 0.25) is 11.8 Å². The summed E-state index contributed by atoms with van der Waals surface area (Å²) >= 11 is 0. The van der Waals surface area contributed by atoms with Crippen LogP contribution in [-0.4, -0.2) is 29.0 Å². The highest BCUT2D eigenvalue weighted by molar-refractivity contribution is 5.81. The molecule has 7 nitrogen and oxygen atoms in total. The van der Waals surface area contributed by atoms with Gasteiger partial charge in [0.1, 0.15) is 11.9 Å². The van der Waals surface area contributed by atoms with Crippen LogP contribution in [-0.2, 0) is 6.42 Å². The van der Waals surface area contributed by atoms with Crippen LogP contribution < -0.4 is 14.2 Å². The molecule has 1 atom stereocenters. The molecule has 32 heavy (non-hydrogen) atoms. The first kappa shape index (κ1) is 19.9. The summed E-state index contributed by atoms with van der Waals surface area (Å²) in [5, 5.41) is 14.7. The summed E-state index contributed by atoms with van der Waals surface area (Å²) in [5.41, 5.74) is 4.74. The number of pyridine rings is 1. The molecule has 0 N–H and O–H groups in total. The lowest BCUT2D eigenvalue weighted by Crippen LogP contribution is -2.15. The van der Waals surface area contributed by atoms with Gasteiger partial charge in [0.05, 0.1) is 43.3 Å². The lowest BCUT2D eigenvalue weighted by Gasteiger charge is -2.26. The summed E-state index contributed by atoms with van der Waals surface area (Å²) in [6.07, 6.45) is 4.72. The van der Waals surface area contributed by atoms with Crippen molar-refractivity contribution < 1.29 is 14.2 Å². The van der Waals surface area contributed by atoms with Crippen molar-refractivity contribution in [3.8, 4) is 29.3 Å². The third-order valence-electron chi connectivity index (χ3n) is 5.78. The summed E-state index contributed by atoms with van der Waals surface area (Å²) in [6, 6.07) is 17.7. The van der Waals surface area contributed by atoms with Crippen molar-refractivity contribution in [2.75, 3.05) is 14.2 Å². The van der Waals surface area contributed by atoms with E-state index in [1.165, 1.54) is 5.56 Å². The Bertz CT molecular complexity index is 1320. The number of nitrogens with zero attached hydrogens (tertiary/aromatic N) is 4. The van der Waals surface area contributed by atoms with Gasteiger partial charge in [-0.25, -0.2) is 4.68 Å². The molecule has 5 rings (SSSR count). The van der Waals surface area contributed by atoms with Crippen molar-refractivity contribution in [3.63, 3.8) is 0 Å². The smallest absolute Gasteiger partial charge is 0.218 e. The van der Waals surface area contributed by atoms with Crippen LogP contribution in [0.5, 0.6) is 17.5 Å². The van der Waals surface area contributed by atoms with Crippen LogP contribution in [0.3, 0.4) is 0 Å². The Morgan fingerprint density at radius 3 is 2.59 bits per heavy atom. The SMILES string of the molecule is COc1cc(-n2ncc3ccc(O[C@H]4CCCc5cc(C#N)ccc54)cc32)cc(OC)n1. The normalized spacial score (nSPS) is 15.1. The van der Waals surface area contributed by atoms with E-state index in [9.17, 15) is 5.26 Å². The lowest BCUT2D eigenvalue weighted by atomic mass is 9.88. The minimum Gasteiger partial charge on any atom is -0.486 e. The minimum atomic E-state index is -0.0403. The van der Waals surface area contributed by atoms with Gasteiger partial charge in [0.25, 0.3) is 0 Å². The molecule has 0 fully saturated rings. The first-order valence-corrected chi connectivity index (χ1v) is 10.5. The lowest BCUT2D eigenvalue weighted by molar-refractivity contribution is 0.183. The maximum absolute atomic E-state index is 9.20. The molecule has 2 aromatic heterocycles. The molecule has 0 spiro atoms. The highest BCUT2D eigenvalue weighted by Crippen LogP contribution is 2.35. The van der Waals surface area contributed by atoms with Crippen LogP contribution in [0.2, 0.25) is 0 Å². The second kappa shape index (κ2) is 8.23. The second-order valence-electron chi connectivity index (χ2n) is 7.71. The molecular weight excluding hydrogens is 404 g/mol. The summed E-state index contributed by atoms with van der Waals surface area (Å²) in [7, 11) is 3.14. The molecule has 160 valence electrons. The fourth-order valence-electron chi connectivity index (χ4n) is 4.20.